The molecule has 0 aromatic carbocycles. The summed E-state index contributed by atoms with van der Waals surface area (Å²) >= 11 is 0. The quantitative estimate of drug-likeness (QED) is 0.321. The molecule has 5 heteroatoms. The number of oxime groups is 1. The van der Waals surface area contributed by atoms with Crippen molar-refractivity contribution < 1.29 is 14.7 Å². The molecule has 0 saturated carbocycles. The molecule has 0 aliphatic heterocycles. The van der Waals surface area contributed by atoms with Crippen LogP contribution >= 0.6 is 7.37 Å². The van der Waals surface area contributed by atoms with E-state index in [4.69, 9.17) is 5.21 Å². The molecule has 2 N–H and O–H groups in total. The van der Waals surface area contributed by atoms with Crippen LogP contribution in [0.15, 0.2) is 5.16 Å². The smallest absolute Gasteiger partial charge is 0.211 e. The van der Waals surface area contributed by atoms with Gasteiger partial charge < -0.3 is 10.1 Å². The Bertz CT molecular complexity index is 240. The van der Waals surface area contributed by atoms with Crippen molar-refractivity contribution in [3.63, 3.8) is 0 Å². The standard InChI is InChI=1S/C8H18NO3P/c1-5-6(2)13(11,12)8(4)7(3)9-10/h6,8,10H,5H2,1-4H3,(H,11,12). The predicted molar refractivity (Wildman–Crippen MR) is 53.9 cm³/mol. The highest BCUT2D eigenvalue weighted by Crippen LogP contribution is 2.52. The third-order valence-corrected chi connectivity index (χ3v) is 5.65. The predicted octanol–water partition coefficient (Wildman–Crippen LogP) is 2.29. The lowest BCUT2D eigenvalue weighted by atomic mass is 10.3. The van der Waals surface area contributed by atoms with Gasteiger partial charge in [-0.15, -0.1) is 0 Å². The molecule has 0 aromatic heterocycles. The normalized spacial score (nSPS) is 22.1. The molecule has 0 aliphatic carbocycles. The maximum atomic E-state index is 11.8. The van der Waals surface area contributed by atoms with Crippen molar-refractivity contribution in [2.75, 3.05) is 0 Å². The average Bonchev–Trinajstić information content (AvgIpc) is 2.13. The van der Waals surface area contributed by atoms with E-state index in [2.05, 4.69) is 5.16 Å². The second kappa shape index (κ2) is 4.77. The summed E-state index contributed by atoms with van der Waals surface area (Å²) in [7, 11) is -3.24. The Morgan fingerprint density at radius 1 is 1.54 bits per heavy atom. The van der Waals surface area contributed by atoms with Crippen LogP contribution in [0.2, 0.25) is 0 Å². The van der Waals surface area contributed by atoms with E-state index in [1.165, 1.54) is 0 Å². The summed E-state index contributed by atoms with van der Waals surface area (Å²) in [4.78, 5) is 9.72. The molecular formula is C8H18NO3P. The molecule has 3 atom stereocenters. The summed E-state index contributed by atoms with van der Waals surface area (Å²) < 4.78 is 11.8. The molecule has 0 heterocycles. The first-order valence-corrected chi connectivity index (χ1v) is 6.18. The van der Waals surface area contributed by atoms with Crippen molar-refractivity contribution in [2.24, 2.45) is 5.16 Å². The monoisotopic (exact) mass is 207 g/mol. The Morgan fingerprint density at radius 3 is 2.31 bits per heavy atom. The molecule has 0 saturated heterocycles. The lowest BCUT2D eigenvalue weighted by molar-refractivity contribution is 0.317. The molecule has 0 radical (unpaired) electrons. The van der Waals surface area contributed by atoms with Gasteiger partial charge in [-0.3, -0.25) is 4.57 Å². The first-order chi connectivity index (χ1) is 5.87. The Hall–Kier alpha value is -0.340. The second-order valence-corrected chi connectivity index (χ2v) is 6.35. The molecule has 0 aromatic rings. The van der Waals surface area contributed by atoms with Crippen LogP contribution in [-0.4, -0.2) is 27.1 Å². The first-order valence-electron chi connectivity index (χ1n) is 4.38. The summed E-state index contributed by atoms with van der Waals surface area (Å²) in [6.45, 7) is 6.77. The lowest BCUT2D eigenvalue weighted by Gasteiger charge is -2.23. The van der Waals surface area contributed by atoms with Crippen molar-refractivity contribution in [1.29, 1.82) is 0 Å². The highest BCUT2D eigenvalue weighted by Gasteiger charge is 2.34. The Morgan fingerprint density at radius 2 is 2.00 bits per heavy atom. The molecule has 0 aliphatic rings. The van der Waals surface area contributed by atoms with Crippen LogP contribution in [0, 0.1) is 0 Å². The Balaban J connectivity index is 4.74. The van der Waals surface area contributed by atoms with Crippen LogP contribution in [0.3, 0.4) is 0 Å². The third kappa shape index (κ3) is 2.82. The van der Waals surface area contributed by atoms with E-state index in [1.807, 2.05) is 6.92 Å². The van der Waals surface area contributed by atoms with E-state index in [-0.39, 0.29) is 5.66 Å². The van der Waals surface area contributed by atoms with E-state index < -0.39 is 13.0 Å². The summed E-state index contributed by atoms with van der Waals surface area (Å²) in [5.74, 6) is 0. The molecule has 0 fully saturated rings. The van der Waals surface area contributed by atoms with Gasteiger partial charge in [0.15, 0.2) is 0 Å². The molecule has 3 unspecified atom stereocenters. The fourth-order valence-electron chi connectivity index (χ4n) is 0.995. The van der Waals surface area contributed by atoms with Crippen molar-refractivity contribution in [2.45, 2.75) is 45.4 Å². The molecule has 13 heavy (non-hydrogen) atoms. The minimum atomic E-state index is -3.24. The van der Waals surface area contributed by atoms with Gasteiger partial charge in [-0.1, -0.05) is 19.0 Å². The molecule has 0 amide bonds. The number of rotatable bonds is 4. The number of hydrogen-bond donors (Lipinski definition) is 2. The SMILES string of the molecule is CCC(C)P(=O)(O)C(C)C(C)=NO. The van der Waals surface area contributed by atoms with Crippen molar-refractivity contribution in [3.8, 4) is 0 Å². The Labute approximate surface area is 79.1 Å². The van der Waals surface area contributed by atoms with E-state index in [0.29, 0.717) is 12.1 Å². The van der Waals surface area contributed by atoms with Gasteiger partial charge >= 0.3 is 0 Å². The maximum Gasteiger partial charge on any atom is 0.211 e. The molecule has 4 nitrogen and oxygen atoms in total. The second-order valence-electron chi connectivity index (χ2n) is 3.35. The fraction of sp³-hybridized carbons (Fsp3) is 0.875. The summed E-state index contributed by atoms with van der Waals surface area (Å²) in [6.07, 6.45) is 0.650. The highest BCUT2D eigenvalue weighted by atomic mass is 31.2. The zero-order chi connectivity index (χ0) is 10.6. The molecule has 0 bridgehead atoms. The number of nitrogens with zero attached hydrogens (tertiary/aromatic N) is 1. The first kappa shape index (κ1) is 12.7. The molecule has 0 rings (SSSR count). The van der Waals surface area contributed by atoms with Crippen molar-refractivity contribution in [3.05, 3.63) is 0 Å². The van der Waals surface area contributed by atoms with E-state index >= 15 is 0 Å². The van der Waals surface area contributed by atoms with Gasteiger partial charge in [0, 0.05) is 5.66 Å². The highest BCUT2D eigenvalue weighted by molar-refractivity contribution is 7.60. The summed E-state index contributed by atoms with van der Waals surface area (Å²) in [6, 6.07) is 0. The fourth-order valence-corrected chi connectivity index (χ4v) is 2.87. The topological polar surface area (TPSA) is 69.9 Å². The van der Waals surface area contributed by atoms with Crippen LogP contribution < -0.4 is 0 Å². The van der Waals surface area contributed by atoms with Gasteiger partial charge in [0.1, 0.15) is 0 Å². The average molecular weight is 207 g/mol. The van der Waals surface area contributed by atoms with Gasteiger partial charge in [0.25, 0.3) is 0 Å². The number of hydrogen-bond acceptors (Lipinski definition) is 3. The van der Waals surface area contributed by atoms with E-state index in [9.17, 15) is 9.46 Å². The summed E-state index contributed by atoms with van der Waals surface area (Å²) in [5.41, 5.74) is -0.502. The van der Waals surface area contributed by atoms with Crippen molar-refractivity contribution in [1.82, 2.24) is 0 Å². The van der Waals surface area contributed by atoms with E-state index in [0.717, 1.165) is 0 Å². The summed E-state index contributed by atoms with van der Waals surface area (Å²) in [5, 5.41) is 11.4. The van der Waals surface area contributed by atoms with E-state index in [1.54, 1.807) is 20.8 Å². The minimum absolute atomic E-state index is 0.251. The lowest BCUT2D eigenvalue weighted by Crippen LogP contribution is -2.20. The minimum Gasteiger partial charge on any atom is -0.411 e. The van der Waals surface area contributed by atoms with Crippen LogP contribution in [0.5, 0.6) is 0 Å². The molecule has 78 valence electrons. The van der Waals surface area contributed by atoms with Crippen LogP contribution in [0.1, 0.15) is 34.1 Å². The van der Waals surface area contributed by atoms with Gasteiger partial charge in [0.2, 0.25) is 7.37 Å². The van der Waals surface area contributed by atoms with Crippen LogP contribution in [0.4, 0.5) is 0 Å². The molecular weight excluding hydrogens is 189 g/mol. The Kier molecular flexibility index (Phi) is 4.65. The molecule has 0 spiro atoms. The largest absolute Gasteiger partial charge is 0.411 e. The van der Waals surface area contributed by atoms with Crippen molar-refractivity contribution >= 4 is 13.1 Å². The third-order valence-electron chi connectivity index (χ3n) is 2.54. The van der Waals surface area contributed by atoms with Gasteiger partial charge in [0.05, 0.1) is 11.4 Å². The van der Waals surface area contributed by atoms with Gasteiger partial charge in [-0.05, 0) is 20.3 Å². The van der Waals surface area contributed by atoms with Crippen LogP contribution in [0.25, 0.3) is 0 Å². The van der Waals surface area contributed by atoms with Gasteiger partial charge in [-0.25, -0.2) is 0 Å². The van der Waals surface area contributed by atoms with Gasteiger partial charge in [-0.2, -0.15) is 0 Å². The maximum absolute atomic E-state index is 11.8. The zero-order valence-electron chi connectivity index (χ0n) is 8.56. The zero-order valence-corrected chi connectivity index (χ0v) is 9.45. The van der Waals surface area contributed by atoms with Crippen LogP contribution in [-0.2, 0) is 4.57 Å².